The number of rotatable bonds is 5. The predicted molar refractivity (Wildman–Crippen MR) is 107 cm³/mol. The number of carbonyl (C=O) groups excluding carboxylic acids is 1. The van der Waals surface area contributed by atoms with Crippen molar-refractivity contribution in [3.63, 3.8) is 0 Å². The number of nitrogens with zero attached hydrogens (tertiary/aromatic N) is 1. The van der Waals surface area contributed by atoms with Gasteiger partial charge < -0.3 is 14.4 Å². The lowest BCUT2D eigenvalue weighted by molar-refractivity contribution is -0.136. The van der Waals surface area contributed by atoms with Crippen LogP contribution in [0.5, 0.6) is 11.5 Å². The Bertz CT molecular complexity index is 827. The maximum Gasteiger partial charge on any atom is 0.229 e. The molecule has 4 rings (SSSR count). The zero-order valence-electron chi connectivity index (χ0n) is 16.4. The van der Waals surface area contributed by atoms with Gasteiger partial charge in [0, 0.05) is 26.1 Å². The van der Waals surface area contributed by atoms with Gasteiger partial charge in [0.15, 0.2) is 0 Å². The normalized spacial score (nSPS) is 23.6. The average molecular weight is 381 g/mol. The first-order valence-electron chi connectivity index (χ1n) is 9.73. The van der Waals surface area contributed by atoms with E-state index in [4.69, 9.17) is 9.47 Å². The number of hydrogen-bond acceptors (Lipinski definition) is 5. The number of methoxy groups -OCH3 is 1. The molecule has 6 heteroatoms. The highest BCUT2D eigenvalue weighted by Crippen LogP contribution is 2.32. The fourth-order valence-corrected chi connectivity index (χ4v) is 4.13. The van der Waals surface area contributed by atoms with Crippen LogP contribution in [0, 0.1) is 11.8 Å². The van der Waals surface area contributed by atoms with Crippen LogP contribution in [0.4, 0.5) is 0 Å². The van der Waals surface area contributed by atoms with E-state index in [0.717, 1.165) is 23.6 Å². The highest BCUT2D eigenvalue weighted by atomic mass is 16.5. The molecule has 2 aromatic carbocycles. The van der Waals surface area contributed by atoms with Crippen molar-refractivity contribution in [2.24, 2.45) is 11.8 Å². The van der Waals surface area contributed by atoms with Crippen LogP contribution < -0.4 is 20.3 Å². The average Bonchev–Trinajstić information content (AvgIpc) is 3.21. The molecule has 0 radical (unpaired) electrons. The molecule has 2 aliphatic rings. The van der Waals surface area contributed by atoms with Gasteiger partial charge in [-0.1, -0.05) is 30.3 Å². The molecule has 2 N–H and O–H groups in total. The van der Waals surface area contributed by atoms with E-state index < -0.39 is 0 Å². The fourth-order valence-electron chi connectivity index (χ4n) is 4.13. The highest BCUT2D eigenvalue weighted by Gasteiger charge is 2.33. The minimum Gasteiger partial charge on any atom is -0.497 e. The standard InChI is InChI=1S/C22H27N3O3/c1-25(13-18-12-23-24-21(18)15-6-4-3-5-7-15)22(26)17-10-16-11-19(27-2)8-9-20(16)28-14-17/h3-9,11,17-18,21,23-24H,10,12-14H2,1-2H3. The molecule has 0 saturated carbocycles. The number of hydrogen-bond donors (Lipinski definition) is 2. The van der Waals surface area contributed by atoms with Crippen LogP contribution in [0.15, 0.2) is 48.5 Å². The van der Waals surface area contributed by atoms with E-state index in [2.05, 4.69) is 23.0 Å². The van der Waals surface area contributed by atoms with Crippen LogP contribution in [0.25, 0.3) is 0 Å². The molecular weight excluding hydrogens is 354 g/mol. The van der Waals surface area contributed by atoms with Crippen molar-refractivity contribution < 1.29 is 14.3 Å². The number of benzene rings is 2. The number of ether oxygens (including phenoxy) is 2. The first-order chi connectivity index (χ1) is 13.7. The van der Waals surface area contributed by atoms with Gasteiger partial charge in [0.2, 0.25) is 5.91 Å². The van der Waals surface area contributed by atoms with Gasteiger partial charge in [-0.2, -0.15) is 0 Å². The molecule has 3 atom stereocenters. The van der Waals surface area contributed by atoms with Crippen molar-refractivity contribution in [1.29, 1.82) is 0 Å². The molecular formula is C22H27N3O3. The first-order valence-corrected chi connectivity index (χ1v) is 9.73. The highest BCUT2D eigenvalue weighted by molar-refractivity contribution is 5.79. The summed E-state index contributed by atoms with van der Waals surface area (Å²) in [5.41, 5.74) is 8.86. The van der Waals surface area contributed by atoms with Gasteiger partial charge in [-0.05, 0) is 35.7 Å². The fraction of sp³-hybridized carbons (Fsp3) is 0.409. The lowest BCUT2D eigenvalue weighted by Crippen LogP contribution is -2.41. The van der Waals surface area contributed by atoms with Crippen LogP contribution >= 0.6 is 0 Å². The van der Waals surface area contributed by atoms with Crippen LogP contribution in [0.2, 0.25) is 0 Å². The molecule has 2 aliphatic heterocycles. The second-order valence-corrected chi connectivity index (χ2v) is 7.58. The van der Waals surface area contributed by atoms with E-state index in [1.54, 1.807) is 7.11 Å². The van der Waals surface area contributed by atoms with Crippen LogP contribution in [0.1, 0.15) is 17.2 Å². The Morgan fingerprint density at radius 1 is 1.25 bits per heavy atom. The van der Waals surface area contributed by atoms with Crippen molar-refractivity contribution in [1.82, 2.24) is 15.8 Å². The van der Waals surface area contributed by atoms with Crippen LogP contribution in [0.3, 0.4) is 0 Å². The monoisotopic (exact) mass is 381 g/mol. The summed E-state index contributed by atoms with van der Waals surface area (Å²) in [5.74, 6) is 1.92. The Kier molecular flexibility index (Phi) is 5.50. The third-order valence-electron chi connectivity index (χ3n) is 5.66. The molecule has 1 fully saturated rings. The van der Waals surface area contributed by atoms with Crippen molar-refractivity contribution in [2.45, 2.75) is 12.5 Å². The molecule has 148 valence electrons. The Balaban J connectivity index is 1.41. The minimum absolute atomic E-state index is 0.132. The SMILES string of the molecule is COc1ccc2c(c1)CC(C(=O)N(C)CC1CNNC1c1ccccc1)CO2. The van der Waals surface area contributed by atoms with Gasteiger partial charge in [-0.15, -0.1) is 0 Å². The summed E-state index contributed by atoms with van der Waals surface area (Å²) in [5, 5.41) is 0. The van der Waals surface area contributed by atoms with E-state index in [-0.39, 0.29) is 17.9 Å². The van der Waals surface area contributed by atoms with Gasteiger partial charge in [0.25, 0.3) is 0 Å². The molecule has 1 amide bonds. The van der Waals surface area contributed by atoms with Crippen molar-refractivity contribution >= 4 is 5.91 Å². The Morgan fingerprint density at radius 2 is 2.07 bits per heavy atom. The molecule has 0 spiro atoms. The maximum atomic E-state index is 13.1. The second kappa shape index (κ2) is 8.20. The number of hydrazine groups is 1. The van der Waals surface area contributed by atoms with Gasteiger partial charge in [0.1, 0.15) is 18.1 Å². The summed E-state index contributed by atoms with van der Waals surface area (Å²) in [6.45, 7) is 1.95. The van der Waals surface area contributed by atoms with Crippen molar-refractivity contribution in [3.05, 3.63) is 59.7 Å². The largest absolute Gasteiger partial charge is 0.497 e. The van der Waals surface area contributed by atoms with Gasteiger partial charge in [0.05, 0.1) is 19.1 Å². The third kappa shape index (κ3) is 3.84. The zero-order chi connectivity index (χ0) is 19.5. The summed E-state index contributed by atoms with van der Waals surface area (Å²) in [7, 11) is 3.54. The van der Waals surface area contributed by atoms with Gasteiger partial charge in [-0.3, -0.25) is 10.2 Å². The van der Waals surface area contributed by atoms with E-state index in [1.807, 2.05) is 48.3 Å². The smallest absolute Gasteiger partial charge is 0.229 e. The quantitative estimate of drug-likeness (QED) is 0.831. The minimum atomic E-state index is -0.165. The molecule has 0 aliphatic carbocycles. The molecule has 2 heterocycles. The van der Waals surface area contributed by atoms with E-state index in [1.165, 1.54) is 5.56 Å². The number of fused-ring (bicyclic) bond motifs is 1. The van der Waals surface area contributed by atoms with E-state index in [0.29, 0.717) is 25.5 Å². The molecule has 3 unspecified atom stereocenters. The molecule has 6 nitrogen and oxygen atoms in total. The topological polar surface area (TPSA) is 62.8 Å². The van der Waals surface area contributed by atoms with Crippen molar-refractivity contribution in [2.75, 3.05) is 33.9 Å². The molecule has 2 aromatic rings. The van der Waals surface area contributed by atoms with Crippen molar-refractivity contribution in [3.8, 4) is 11.5 Å². The first kappa shape index (κ1) is 18.8. The lowest BCUT2D eigenvalue weighted by Gasteiger charge is -2.30. The summed E-state index contributed by atoms with van der Waals surface area (Å²) in [6.07, 6.45) is 0.680. The summed E-state index contributed by atoms with van der Waals surface area (Å²) >= 11 is 0. The Labute approximate surface area is 165 Å². The van der Waals surface area contributed by atoms with E-state index in [9.17, 15) is 4.79 Å². The molecule has 0 aromatic heterocycles. The Hall–Kier alpha value is -2.57. The summed E-state index contributed by atoms with van der Waals surface area (Å²) in [6, 6.07) is 16.3. The number of carbonyl (C=O) groups is 1. The number of amides is 1. The van der Waals surface area contributed by atoms with Crippen LogP contribution in [-0.4, -0.2) is 44.7 Å². The van der Waals surface area contributed by atoms with Gasteiger partial charge >= 0.3 is 0 Å². The molecule has 1 saturated heterocycles. The molecule has 0 bridgehead atoms. The summed E-state index contributed by atoms with van der Waals surface area (Å²) < 4.78 is 11.1. The Morgan fingerprint density at radius 3 is 2.86 bits per heavy atom. The zero-order valence-corrected chi connectivity index (χ0v) is 16.4. The molecule has 28 heavy (non-hydrogen) atoms. The predicted octanol–water partition coefficient (Wildman–Crippen LogP) is 2.17. The second-order valence-electron chi connectivity index (χ2n) is 7.58. The maximum absolute atomic E-state index is 13.1. The van der Waals surface area contributed by atoms with Gasteiger partial charge in [-0.25, -0.2) is 5.43 Å². The summed E-state index contributed by atoms with van der Waals surface area (Å²) in [4.78, 5) is 14.9. The third-order valence-corrected chi connectivity index (χ3v) is 5.66. The van der Waals surface area contributed by atoms with Crippen LogP contribution in [-0.2, 0) is 11.2 Å². The lowest BCUT2D eigenvalue weighted by atomic mass is 9.92. The van der Waals surface area contributed by atoms with E-state index >= 15 is 0 Å². The number of nitrogens with one attached hydrogen (secondary N) is 2.